The van der Waals surface area contributed by atoms with Crippen molar-refractivity contribution in [1.82, 2.24) is 0 Å². The van der Waals surface area contributed by atoms with Crippen molar-refractivity contribution in [1.29, 1.82) is 0 Å². The number of hydrogen-bond donors (Lipinski definition) is 2. The average molecular weight is 280 g/mol. The summed E-state index contributed by atoms with van der Waals surface area (Å²) in [7, 11) is -10.2. The van der Waals surface area contributed by atoms with Gasteiger partial charge in [-0.1, -0.05) is 13.3 Å². The monoisotopic (exact) mass is 280 g/mol. The third-order valence-electron chi connectivity index (χ3n) is 1.40. The Balaban J connectivity index is 4.99. The van der Waals surface area contributed by atoms with E-state index >= 15 is 0 Å². The first-order valence-electron chi connectivity index (χ1n) is 3.90. The summed E-state index contributed by atoms with van der Waals surface area (Å²) in [5.41, 5.74) is 0. The minimum absolute atomic E-state index is 0.221. The normalized spacial score (nSPS) is 15.5. The molecule has 1 atom stereocenters. The molecular formula is C5H12O7S3. The molecule has 7 nitrogen and oxygen atoms in total. The molecule has 1 unspecified atom stereocenters. The summed E-state index contributed by atoms with van der Waals surface area (Å²) in [5, 5.41) is 0. The van der Waals surface area contributed by atoms with Crippen LogP contribution in [0.2, 0.25) is 0 Å². The zero-order valence-corrected chi connectivity index (χ0v) is 10.3. The standard InChI is InChI=1S/C5H12O7S3/c1-2-3-4-13(6)5(14(7,8)9)15(10,11)12/h5H,2-4H2,1H3,(H,7,8,9)(H,10,11,12). The van der Waals surface area contributed by atoms with Crippen LogP contribution in [0.15, 0.2) is 0 Å². The van der Waals surface area contributed by atoms with E-state index in [1.54, 1.807) is 6.92 Å². The Kier molecular flexibility index (Phi) is 5.50. The molecule has 2 N–H and O–H groups in total. The van der Waals surface area contributed by atoms with E-state index in [9.17, 15) is 21.4 Å². The molecule has 0 amide bonds. The van der Waals surface area contributed by atoms with Crippen LogP contribution in [0, 0.1) is 0 Å². The Morgan fingerprint density at radius 3 is 1.87 bits per heavy atom. The molecule has 0 saturated carbocycles. The van der Waals surface area contributed by atoms with Crippen molar-refractivity contribution in [3.63, 3.8) is 0 Å². The molecule has 0 aliphatic rings. The van der Waals surface area contributed by atoms with Gasteiger partial charge in [-0.05, 0) is 17.6 Å². The first kappa shape index (κ1) is 15.1. The van der Waals surface area contributed by atoms with Crippen molar-refractivity contribution < 1.29 is 30.5 Å². The molecule has 0 aliphatic carbocycles. The van der Waals surface area contributed by atoms with Gasteiger partial charge in [-0.15, -0.1) is 0 Å². The maximum Gasteiger partial charge on any atom is 0.361 e. The summed E-state index contributed by atoms with van der Waals surface area (Å²) in [6.07, 6.45) is 0.906. The van der Waals surface area contributed by atoms with Crippen LogP contribution in [0.1, 0.15) is 19.8 Å². The van der Waals surface area contributed by atoms with Gasteiger partial charge >= 0.3 is 24.2 Å². The summed E-state index contributed by atoms with van der Waals surface area (Å²) in [6, 6.07) is 0. The van der Waals surface area contributed by atoms with Gasteiger partial charge in [0.1, 0.15) is 5.75 Å². The zero-order valence-electron chi connectivity index (χ0n) is 7.86. The van der Waals surface area contributed by atoms with Crippen molar-refractivity contribution in [2.45, 2.75) is 23.7 Å². The van der Waals surface area contributed by atoms with Crippen LogP contribution in [-0.2, 0) is 31.4 Å². The summed E-state index contributed by atoms with van der Waals surface area (Å²) < 4.78 is 68.0. The molecule has 0 aromatic carbocycles. The molecule has 0 spiro atoms. The van der Waals surface area contributed by atoms with E-state index in [0.717, 1.165) is 0 Å². The van der Waals surface area contributed by atoms with E-state index in [-0.39, 0.29) is 5.75 Å². The SMILES string of the molecule is CCCC[S+]([O-])C(S(=O)(=O)O)S(=O)(=O)O. The zero-order chi connectivity index (χ0) is 12.3. The molecular weight excluding hydrogens is 268 g/mol. The lowest BCUT2D eigenvalue weighted by molar-refractivity contribution is 0.464. The Bertz CT molecular complexity index is 351. The predicted molar refractivity (Wildman–Crippen MR) is 54.8 cm³/mol. The van der Waals surface area contributed by atoms with Gasteiger partial charge in [0.25, 0.3) is 0 Å². The maximum atomic E-state index is 11.2. The summed E-state index contributed by atoms with van der Waals surface area (Å²) >= 11 is -2.37. The van der Waals surface area contributed by atoms with Gasteiger partial charge in [0.05, 0.1) is 0 Å². The first-order valence-corrected chi connectivity index (χ1v) is 8.29. The molecule has 92 valence electrons. The first-order chi connectivity index (χ1) is 6.60. The van der Waals surface area contributed by atoms with Crippen LogP contribution in [0.5, 0.6) is 0 Å². The number of unbranched alkanes of at least 4 members (excludes halogenated alkanes) is 1. The van der Waals surface area contributed by atoms with Gasteiger partial charge in [-0.3, -0.25) is 9.11 Å². The van der Waals surface area contributed by atoms with Crippen LogP contribution in [0.3, 0.4) is 0 Å². The van der Waals surface area contributed by atoms with E-state index < -0.39 is 35.3 Å². The number of rotatable bonds is 6. The molecule has 0 rings (SSSR count). The van der Waals surface area contributed by atoms with Crippen molar-refractivity contribution in [3.8, 4) is 0 Å². The van der Waals surface area contributed by atoms with E-state index in [1.807, 2.05) is 0 Å². The van der Waals surface area contributed by atoms with E-state index in [4.69, 9.17) is 9.11 Å². The molecule has 0 aromatic heterocycles. The fourth-order valence-electron chi connectivity index (χ4n) is 0.808. The average Bonchev–Trinajstić information content (AvgIpc) is 1.94. The largest absolute Gasteiger partial charge is 0.614 e. The second kappa shape index (κ2) is 5.46. The molecule has 0 aliphatic heterocycles. The lowest BCUT2D eigenvalue weighted by Gasteiger charge is -2.16. The molecule has 0 fully saturated rings. The van der Waals surface area contributed by atoms with Gasteiger partial charge in [0.15, 0.2) is 0 Å². The third kappa shape index (κ3) is 5.13. The summed E-state index contributed by atoms with van der Waals surface area (Å²) in [6.45, 7) is 1.73. The minimum Gasteiger partial charge on any atom is -0.614 e. The van der Waals surface area contributed by atoms with Crippen molar-refractivity contribution in [2.24, 2.45) is 0 Å². The van der Waals surface area contributed by atoms with Crippen LogP contribution in [-0.4, -0.2) is 40.2 Å². The third-order valence-corrected chi connectivity index (χ3v) is 7.70. The highest BCUT2D eigenvalue weighted by Crippen LogP contribution is 2.16. The smallest absolute Gasteiger partial charge is 0.361 e. The van der Waals surface area contributed by atoms with E-state index in [0.29, 0.717) is 12.8 Å². The predicted octanol–water partition coefficient (Wildman–Crippen LogP) is -0.406. The van der Waals surface area contributed by atoms with E-state index in [1.165, 1.54) is 0 Å². The van der Waals surface area contributed by atoms with Crippen LogP contribution < -0.4 is 0 Å². The highest BCUT2D eigenvalue weighted by Gasteiger charge is 2.45. The van der Waals surface area contributed by atoms with Crippen LogP contribution in [0.4, 0.5) is 0 Å². The van der Waals surface area contributed by atoms with Gasteiger partial charge in [0, 0.05) is 0 Å². The van der Waals surface area contributed by atoms with Crippen molar-refractivity contribution in [3.05, 3.63) is 0 Å². The molecule has 0 aromatic rings. The molecule has 0 saturated heterocycles. The lowest BCUT2D eigenvalue weighted by atomic mass is 10.4. The molecule has 0 heterocycles. The maximum absolute atomic E-state index is 11.2. The van der Waals surface area contributed by atoms with Gasteiger partial charge in [0.2, 0.25) is 0 Å². The fourth-order valence-corrected chi connectivity index (χ4v) is 5.55. The molecule has 10 heteroatoms. The summed E-state index contributed by atoms with van der Waals surface area (Å²) in [5.74, 6) is -0.221. The van der Waals surface area contributed by atoms with Crippen molar-refractivity contribution in [2.75, 3.05) is 5.75 Å². The second-order valence-corrected chi connectivity index (χ2v) is 8.30. The Morgan fingerprint density at radius 1 is 1.20 bits per heavy atom. The molecule has 0 radical (unpaired) electrons. The number of hydrogen-bond acceptors (Lipinski definition) is 5. The highest BCUT2D eigenvalue weighted by molar-refractivity contribution is 8.21. The highest BCUT2D eigenvalue weighted by atomic mass is 32.3. The summed E-state index contributed by atoms with van der Waals surface area (Å²) in [4.78, 5) is 0. The minimum atomic E-state index is -5.09. The van der Waals surface area contributed by atoms with Crippen LogP contribution in [0.25, 0.3) is 0 Å². The molecule has 15 heavy (non-hydrogen) atoms. The van der Waals surface area contributed by atoms with Crippen LogP contribution >= 0.6 is 0 Å². The van der Waals surface area contributed by atoms with E-state index in [2.05, 4.69) is 0 Å². The fraction of sp³-hybridized carbons (Fsp3) is 1.00. The lowest BCUT2D eigenvalue weighted by Crippen LogP contribution is -2.38. The quantitative estimate of drug-likeness (QED) is 0.499. The van der Waals surface area contributed by atoms with Gasteiger partial charge in [-0.25, -0.2) is 0 Å². The van der Waals surface area contributed by atoms with Crippen molar-refractivity contribution >= 4 is 31.4 Å². The topological polar surface area (TPSA) is 132 Å². The van der Waals surface area contributed by atoms with Gasteiger partial charge in [-0.2, -0.15) is 16.8 Å². The Hall–Kier alpha value is 0.130. The molecule has 0 bridgehead atoms. The second-order valence-electron chi connectivity index (χ2n) is 2.76. The Labute approximate surface area is 91.6 Å². The van der Waals surface area contributed by atoms with Gasteiger partial charge < -0.3 is 4.55 Å². The Morgan fingerprint density at radius 2 is 1.60 bits per heavy atom.